The molecule has 0 N–H and O–H groups in total. The van der Waals surface area contributed by atoms with Gasteiger partial charge in [0, 0.05) is 26.2 Å². The Bertz CT molecular complexity index is 812. The molecule has 0 amide bonds. The number of methoxy groups -OCH3 is 2. The van der Waals surface area contributed by atoms with Crippen molar-refractivity contribution >= 4 is 0 Å². The van der Waals surface area contributed by atoms with E-state index in [0.29, 0.717) is 6.04 Å². The van der Waals surface area contributed by atoms with Gasteiger partial charge in [-0.1, -0.05) is 32.3 Å². The normalized spacial score (nSPS) is 20.2. The van der Waals surface area contributed by atoms with Gasteiger partial charge in [-0.2, -0.15) is 0 Å². The van der Waals surface area contributed by atoms with Crippen molar-refractivity contribution in [2.24, 2.45) is 0 Å². The van der Waals surface area contributed by atoms with Gasteiger partial charge in [-0.05, 0) is 47.5 Å². The first-order valence-electron chi connectivity index (χ1n) is 11.2. The summed E-state index contributed by atoms with van der Waals surface area (Å²) >= 11 is 0. The second-order valence-corrected chi connectivity index (χ2v) is 8.26. The van der Waals surface area contributed by atoms with E-state index in [4.69, 9.17) is 9.47 Å². The van der Waals surface area contributed by atoms with E-state index >= 15 is 0 Å². The van der Waals surface area contributed by atoms with Crippen molar-refractivity contribution in [3.63, 3.8) is 0 Å². The molecule has 4 rings (SSSR count). The van der Waals surface area contributed by atoms with Crippen LogP contribution in [-0.4, -0.2) is 77.0 Å². The number of tetrazole rings is 1. The van der Waals surface area contributed by atoms with E-state index in [1.807, 2.05) is 6.07 Å². The number of benzene rings is 1. The van der Waals surface area contributed by atoms with Crippen LogP contribution in [0.25, 0.3) is 0 Å². The summed E-state index contributed by atoms with van der Waals surface area (Å²) in [7, 11) is 3.35. The lowest BCUT2D eigenvalue weighted by Crippen LogP contribution is -2.48. The average Bonchev–Trinajstić information content (AvgIpc) is 3.29. The van der Waals surface area contributed by atoms with E-state index < -0.39 is 0 Å². The van der Waals surface area contributed by atoms with Crippen LogP contribution in [-0.2, 0) is 0 Å². The topological polar surface area (TPSA) is 68.5 Å². The van der Waals surface area contributed by atoms with E-state index in [1.54, 1.807) is 14.2 Å². The third-order valence-corrected chi connectivity index (χ3v) is 6.63. The Hall–Kier alpha value is -2.19. The van der Waals surface area contributed by atoms with Gasteiger partial charge in [-0.25, -0.2) is 4.68 Å². The highest BCUT2D eigenvalue weighted by Crippen LogP contribution is 2.37. The lowest BCUT2D eigenvalue weighted by molar-refractivity contribution is 0.106. The summed E-state index contributed by atoms with van der Waals surface area (Å²) in [4.78, 5) is 5.00. The molecule has 164 valence electrons. The summed E-state index contributed by atoms with van der Waals surface area (Å²) in [5.41, 5.74) is 1.14. The van der Waals surface area contributed by atoms with Gasteiger partial charge in [0.15, 0.2) is 17.3 Å². The molecular weight excluding hydrogens is 380 g/mol. The third-order valence-electron chi connectivity index (χ3n) is 6.63. The van der Waals surface area contributed by atoms with Crippen molar-refractivity contribution in [2.75, 3.05) is 46.9 Å². The molecule has 2 heterocycles. The fraction of sp³-hybridized carbons (Fsp3) is 0.682. The first kappa shape index (κ1) is 21.1. The summed E-state index contributed by atoms with van der Waals surface area (Å²) in [5, 5.41) is 13.1. The molecule has 0 unspecified atom stereocenters. The number of likely N-dealkylation sites (N-methyl/N-ethyl adjacent to an activating group) is 1. The Morgan fingerprint density at radius 2 is 1.73 bits per heavy atom. The number of piperazine rings is 1. The zero-order valence-corrected chi connectivity index (χ0v) is 18.5. The second kappa shape index (κ2) is 9.75. The summed E-state index contributed by atoms with van der Waals surface area (Å²) in [5.74, 6) is 2.42. The van der Waals surface area contributed by atoms with E-state index in [1.165, 1.54) is 19.3 Å². The molecular formula is C22H34N6O2. The van der Waals surface area contributed by atoms with Crippen LogP contribution in [0.5, 0.6) is 11.5 Å². The quantitative estimate of drug-likeness (QED) is 0.690. The maximum atomic E-state index is 5.60. The van der Waals surface area contributed by atoms with Crippen molar-refractivity contribution in [3.8, 4) is 11.5 Å². The number of nitrogens with zero attached hydrogens (tertiary/aromatic N) is 6. The number of rotatable bonds is 7. The fourth-order valence-corrected chi connectivity index (χ4v) is 4.85. The van der Waals surface area contributed by atoms with Crippen LogP contribution in [0.3, 0.4) is 0 Å². The lowest BCUT2D eigenvalue weighted by Gasteiger charge is -2.39. The summed E-state index contributed by atoms with van der Waals surface area (Å²) in [6, 6.07) is 6.58. The van der Waals surface area contributed by atoms with Crippen molar-refractivity contribution in [1.82, 2.24) is 30.0 Å². The second-order valence-electron chi connectivity index (χ2n) is 8.26. The molecule has 30 heavy (non-hydrogen) atoms. The molecule has 0 radical (unpaired) electrons. The van der Waals surface area contributed by atoms with Gasteiger partial charge in [-0.3, -0.25) is 4.90 Å². The van der Waals surface area contributed by atoms with Gasteiger partial charge in [-0.15, -0.1) is 5.10 Å². The minimum absolute atomic E-state index is 0.000684. The smallest absolute Gasteiger partial charge is 0.173 e. The Morgan fingerprint density at radius 3 is 2.40 bits per heavy atom. The van der Waals surface area contributed by atoms with Crippen LogP contribution in [0.1, 0.15) is 62.5 Å². The Kier molecular flexibility index (Phi) is 6.84. The largest absolute Gasteiger partial charge is 0.493 e. The maximum absolute atomic E-state index is 5.60. The molecule has 1 aromatic carbocycles. The lowest BCUT2D eigenvalue weighted by atomic mass is 9.95. The van der Waals surface area contributed by atoms with Crippen LogP contribution >= 0.6 is 0 Å². The molecule has 1 saturated heterocycles. The number of aromatic nitrogens is 4. The summed E-state index contributed by atoms with van der Waals surface area (Å²) in [6.45, 7) is 7.42. The minimum atomic E-state index is 0.000684. The molecule has 0 bridgehead atoms. The predicted molar refractivity (Wildman–Crippen MR) is 115 cm³/mol. The van der Waals surface area contributed by atoms with Crippen LogP contribution in [0.2, 0.25) is 0 Å². The molecule has 2 fully saturated rings. The van der Waals surface area contributed by atoms with Gasteiger partial charge >= 0.3 is 0 Å². The molecule has 0 spiro atoms. The standard InChI is InChI=1S/C22H34N6O2/c1-4-26-12-14-27(15-13-26)21(17-10-11-19(29-2)20(16-17)30-3)22-23-24-25-28(22)18-8-6-5-7-9-18/h10-11,16,18,21H,4-9,12-15H2,1-3H3/t21-/m0/s1. The fourth-order valence-electron chi connectivity index (χ4n) is 4.85. The molecule has 1 aromatic heterocycles. The highest BCUT2D eigenvalue weighted by Gasteiger charge is 2.33. The first-order valence-corrected chi connectivity index (χ1v) is 11.2. The number of hydrogen-bond donors (Lipinski definition) is 0. The monoisotopic (exact) mass is 414 g/mol. The van der Waals surface area contributed by atoms with Crippen LogP contribution < -0.4 is 9.47 Å². The highest BCUT2D eigenvalue weighted by molar-refractivity contribution is 5.45. The molecule has 2 aliphatic rings. The molecule has 8 heteroatoms. The first-order chi connectivity index (χ1) is 14.7. The van der Waals surface area contributed by atoms with Crippen LogP contribution in [0.4, 0.5) is 0 Å². The van der Waals surface area contributed by atoms with E-state index in [0.717, 1.165) is 68.5 Å². The molecule has 1 aliphatic heterocycles. The van der Waals surface area contributed by atoms with Crippen molar-refractivity contribution < 1.29 is 9.47 Å². The third kappa shape index (κ3) is 4.30. The SMILES string of the molecule is CCN1CCN([C@@H](c2ccc(OC)c(OC)c2)c2nnnn2C2CCCCC2)CC1. The minimum Gasteiger partial charge on any atom is -0.493 e. The van der Waals surface area contributed by atoms with Gasteiger partial charge in [0.1, 0.15) is 0 Å². The summed E-state index contributed by atoms with van der Waals surface area (Å²) < 4.78 is 13.2. The zero-order chi connectivity index (χ0) is 20.9. The van der Waals surface area contributed by atoms with Crippen LogP contribution in [0, 0.1) is 0 Å². The molecule has 1 atom stereocenters. The molecule has 1 saturated carbocycles. The Labute approximate surface area is 179 Å². The van der Waals surface area contributed by atoms with E-state index in [-0.39, 0.29) is 6.04 Å². The molecule has 2 aromatic rings. The Morgan fingerprint density at radius 1 is 1.00 bits per heavy atom. The van der Waals surface area contributed by atoms with Gasteiger partial charge < -0.3 is 14.4 Å². The van der Waals surface area contributed by atoms with Crippen molar-refractivity contribution in [2.45, 2.75) is 51.1 Å². The molecule has 8 nitrogen and oxygen atoms in total. The molecule has 1 aliphatic carbocycles. The summed E-state index contributed by atoms with van der Waals surface area (Å²) in [6.07, 6.45) is 6.12. The number of hydrogen-bond acceptors (Lipinski definition) is 7. The van der Waals surface area contributed by atoms with E-state index in [9.17, 15) is 0 Å². The van der Waals surface area contributed by atoms with Gasteiger partial charge in [0.05, 0.1) is 26.3 Å². The highest BCUT2D eigenvalue weighted by atomic mass is 16.5. The van der Waals surface area contributed by atoms with Gasteiger partial charge in [0.2, 0.25) is 0 Å². The van der Waals surface area contributed by atoms with Crippen molar-refractivity contribution in [1.29, 1.82) is 0 Å². The van der Waals surface area contributed by atoms with E-state index in [2.05, 4.69) is 49.1 Å². The average molecular weight is 415 g/mol. The zero-order valence-electron chi connectivity index (χ0n) is 18.5. The predicted octanol–water partition coefficient (Wildman–Crippen LogP) is 2.92. The maximum Gasteiger partial charge on any atom is 0.173 e. The number of ether oxygens (including phenoxy) is 2. The van der Waals surface area contributed by atoms with Crippen LogP contribution in [0.15, 0.2) is 18.2 Å². The van der Waals surface area contributed by atoms with Crippen molar-refractivity contribution in [3.05, 3.63) is 29.6 Å². The van der Waals surface area contributed by atoms with Gasteiger partial charge in [0.25, 0.3) is 0 Å². The Balaban J connectivity index is 1.71.